The molecule has 1 saturated heterocycles. The van der Waals surface area contributed by atoms with Gasteiger partial charge in [0.05, 0.1) is 0 Å². The lowest BCUT2D eigenvalue weighted by molar-refractivity contribution is -0.239. The second kappa shape index (κ2) is 10.2. The quantitative estimate of drug-likeness (QED) is 0.592. The topological polar surface area (TPSA) is 89.9 Å². The molecule has 1 rings (SSSR count). The smallest absolute Gasteiger partial charge is 0.390 e. The van der Waals surface area contributed by atoms with Crippen molar-refractivity contribution >= 4 is 17.9 Å². The van der Waals surface area contributed by atoms with Gasteiger partial charge in [-0.1, -0.05) is 45.4 Å². The maximum Gasteiger partial charge on any atom is 0.390 e. The minimum atomic E-state index is -2.17. The van der Waals surface area contributed by atoms with Crippen molar-refractivity contribution in [2.24, 2.45) is 0 Å². The molecule has 1 N–H and O–H groups in total. The van der Waals surface area contributed by atoms with Gasteiger partial charge in [-0.25, -0.2) is 4.79 Å². The molecule has 1 aliphatic heterocycles. The number of carbonyl (C=O) groups excluding carboxylic acids is 2. The number of unbranched alkanes of at least 4 members (excludes halogenated alkanes) is 3. The van der Waals surface area contributed by atoms with Crippen LogP contribution in [0.3, 0.4) is 0 Å². The Kier molecular flexibility index (Phi) is 8.66. The minimum Gasteiger partial charge on any atom is -0.475 e. The van der Waals surface area contributed by atoms with Gasteiger partial charge in [0.25, 0.3) is 0 Å². The molecule has 23 heavy (non-hydrogen) atoms. The Labute approximate surface area is 137 Å². The van der Waals surface area contributed by atoms with E-state index in [1.165, 1.54) is 0 Å². The number of hydrogen-bond donors (Lipinski definition) is 1. The van der Waals surface area contributed by atoms with Gasteiger partial charge in [0.1, 0.15) is 0 Å². The average Bonchev–Trinajstić information content (AvgIpc) is 2.49. The lowest BCUT2D eigenvalue weighted by Crippen LogP contribution is -2.47. The highest BCUT2D eigenvalue weighted by Crippen LogP contribution is 2.26. The molecule has 0 bridgehead atoms. The summed E-state index contributed by atoms with van der Waals surface area (Å²) in [5.41, 5.74) is 0. The Morgan fingerprint density at radius 2 is 1.48 bits per heavy atom. The van der Waals surface area contributed by atoms with E-state index in [0.29, 0.717) is 19.3 Å². The van der Waals surface area contributed by atoms with Crippen molar-refractivity contribution in [3.63, 3.8) is 0 Å². The maximum absolute atomic E-state index is 11.9. The molecule has 0 radical (unpaired) electrons. The molecule has 0 spiro atoms. The number of carboxylic acid groups (broad SMARTS) is 1. The zero-order valence-corrected chi connectivity index (χ0v) is 14.0. The second-order valence-corrected chi connectivity index (χ2v) is 6.08. The Bertz CT molecular complexity index is 382. The van der Waals surface area contributed by atoms with E-state index in [0.717, 1.165) is 38.5 Å². The first-order valence-electron chi connectivity index (χ1n) is 8.67. The summed E-state index contributed by atoms with van der Waals surface area (Å²) >= 11 is 0. The van der Waals surface area contributed by atoms with Crippen LogP contribution in [-0.2, 0) is 23.9 Å². The Hall–Kier alpha value is -1.59. The van der Waals surface area contributed by atoms with E-state index in [1.807, 2.05) is 6.92 Å². The van der Waals surface area contributed by atoms with Crippen molar-refractivity contribution in [1.29, 1.82) is 0 Å². The molecule has 1 heterocycles. The first-order chi connectivity index (χ1) is 11.0. The van der Waals surface area contributed by atoms with Crippen molar-refractivity contribution < 1.29 is 29.0 Å². The molecule has 6 heteroatoms. The summed E-state index contributed by atoms with van der Waals surface area (Å²) in [6, 6.07) is 0. The molecule has 1 aliphatic rings. The van der Waals surface area contributed by atoms with Crippen LogP contribution in [0.4, 0.5) is 0 Å². The zero-order chi connectivity index (χ0) is 17.1. The number of hydrogen-bond acceptors (Lipinski definition) is 5. The van der Waals surface area contributed by atoms with Gasteiger partial charge in [0, 0.05) is 19.3 Å². The van der Waals surface area contributed by atoms with Crippen LogP contribution >= 0.6 is 0 Å². The largest absolute Gasteiger partial charge is 0.475 e. The molecule has 1 fully saturated rings. The van der Waals surface area contributed by atoms with E-state index in [4.69, 9.17) is 9.47 Å². The first-order valence-corrected chi connectivity index (χ1v) is 8.67. The third kappa shape index (κ3) is 7.01. The van der Waals surface area contributed by atoms with Gasteiger partial charge in [-0.3, -0.25) is 9.59 Å². The standard InChI is InChI=1S/C17H28O6/c1-2-3-4-10-13-17(16(20)21)22-14(18)11-8-6-5-7-9-12-15(19)23-17/h2-13H2,1H3,(H,20,21). The number of esters is 2. The summed E-state index contributed by atoms with van der Waals surface area (Å²) in [6.07, 6.45) is 7.63. The highest BCUT2D eigenvalue weighted by atomic mass is 16.7. The predicted molar refractivity (Wildman–Crippen MR) is 83.6 cm³/mol. The molecule has 0 aromatic carbocycles. The van der Waals surface area contributed by atoms with Crippen molar-refractivity contribution in [3.8, 4) is 0 Å². The molecule has 0 atom stereocenters. The normalized spacial score (nSPS) is 19.9. The Balaban J connectivity index is 2.84. The molecule has 6 nitrogen and oxygen atoms in total. The van der Waals surface area contributed by atoms with E-state index in [-0.39, 0.29) is 19.3 Å². The minimum absolute atomic E-state index is 0.000185. The van der Waals surface area contributed by atoms with E-state index >= 15 is 0 Å². The Morgan fingerprint density at radius 1 is 0.957 bits per heavy atom. The fourth-order valence-electron chi connectivity index (χ4n) is 2.64. The maximum atomic E-state index is 11.9. The summed E-state index contributed by atoms with van der Waals surface area (Å²) in [5.74, 6) is -4.80. The van der Waals surface area contributed by atoms with Crippen LogP contribution in [0.25, 0.3) is 0 Å². The summed E-state index contributed by atoms with van der Waals surface area (Å²) in [4.78, 5) is 35.6. The monoisotopic (exact) mass is 328 g/mol. The SMILES string of the molecule is CCCCCCC1(C(=O)O)OC(=O)CCCCCCCC(=O)O1. The van der Waals surface area contributed by atoms with Crippen molar-refractivity contribution in [2.45, 2.75) is 89.8 Å². The molecule has 132 valence electrons. The fourth-order valence-corrected chi connectivity index (χ4v) is 2.64. The van der Waals surface area contributed by atoms with Crippen molar-refractivity contribution in [3.05, 3.63) is 0 Å². The molecule has 0 unspecified atom stereocenters. The summed E-state index contributed by atoms with van der Waals surface area (Å²) < 4.78 is 10.3. The second-order valence-electron chi connectivity index (χ2n) is 6.08. The molecule has 0 saturated carbocycles. The fraction of sp³-hybridized carbons (Fsp3) is 0.824. The number of cyclic esters (lactones) is 2. The molecule has 0 aromatic rings. The first kappa shape index (κ1) is 19.5. The van der Waals surface area contributed by atoms with Gasteiger partial charge < -0.3 is 14.6 Å². The van der Waals surface area contributed by atoms with Crippen LogP contribution in [0, 0.1) is 0 Å². The van der Waals surface area contributed by atoms with Crippen LogP contribution in [-0.4, -0.2) is 28.8 Å². The number of aliphatic carboxylic acids is 1. The molecular weight excluding hydrogens is 300 g/mol. The van der Waals surface area contributed by atoms with E-state index in [9.17, 15) is 19.5 Å². The summed E-state index contributed by atoms with van der Waals surface area (Å²) in [7, 11) is 0. The van der Waals surface area contributed by atoms with E-state index in [2.05, 4.69) is 0 Å². The number of ether oxygens (including phenoxy) is 2. The molecule has 0 amide bonds. The van der Waals surface area contributed by atoms with E-state index < -0.39 is 23.7 Å². The van der Waals surface area contributed by atoms with Gasteiger partial charge in [-0.05, 0) is 19.3 Å². The van der Waals surface area contributed by atoms with E-state index in [1.54, 1.807) is 0 Å². The summed E-state index contributed by atoms with van der Waals surface area (Å²) in [5, 5.41) is 9.53. The van der Waals surface area contributed by atoms with Crippen LogP contribution in [0.2, 0.25) is 0 Å². The van der Waals surface area contributed by atoms with Gasteiger partial charge in [-0.15, -0.1) is 0 Å². The third-order valence-electron chi connectivity index (χ3n) is 4.00. The summed E-state index contributed by atoms with van der Waals surface area (Å²) in [6.45, 7) is 2.04. The van der Waals surface area contributed by atoms with Crippen LogP contribution in [0.5, 0.6) is 0 Å². The number of rotatable bonds is 6. The van der Waals surface area contributed by atoms with Crippen LogP contribution in [0.1, 0.15) is 84.0 Å². The molecule has 0 aromatic heterocycles. The lowest BCUT2D eigenvalue weighted by Gasteiger charge is -2.29. The number of carbonyl (C=O) groups is 3. The third-order valence-corrected chi connectivity index (χ3v) is 4.00. The van der Waals surface area contributed by atoms with Crippen molar-refractivity contribution in [2.75, 3.05) is 0 Å². The van der Waals surface area contributed by atoms with Gasteiger partial charge in [-0.2, -0.15) is 0 Å². The van der Waals surface area contributed by atoms with Gasteiger partial charge in [0.2, 0.25) is 0 Å². The predicted octanol–water partition coefficient (Wildman–Crippen LogP) is 3.57. The zero-order valence-electron chi connectivity index (χ0n) is 14.0. The number of carboxylic acids is 1. The highest BCUT2D eigenvalue weighted by Gasteiger charge is 2.46. The average molecular weight is 328 g/mol. The highest BCUT2D eigenvalue weighted by molar-refractivity contribution is 5.83. The molecule has 0 aliphatic carbocycles. The molecular formula is C17H28O6. The van der Waals surface area contributed by atoms with Gasteiger partial charge >= 0.3 is 23.7 Å². The van der Waals surface area contributed by atoms with Gasteiger partial charge in [0.15, 0.2) is 0 Å². The Morgan fingerprint density at radius 3 is 1.96 bits per heavy atom. The lowest BCUT2D eigenvalue weighted by atomic mass is 10.0. The van der Waals surface area contributed by atoms with Crippen LogP contribution < -0.4 is 0 Å². The van der Waals surface area contributed by atoms with Crippen molar-refractivity contribution in [1.82, 2.24) is 0 Å². The van der Waals surface area contributed by atoms with Crippen LogP contribution in [0.15, 0.2) is 0 Å².